The standard InChI is InChI=1S/C22H26N4O6/c1-15(2)13-25(22(29)16-5-4-6-18(11-16)26(30)31)14-21(28)23-12-20(27)24-17-7-9-19(32-3)10-8-17/h4-11,15H,12-14H2,1-3H3,(H,23,28)(H,24,27). The fraction of sp³-hybridized carbons (Fsp3) is 0.318. The fourth-order valence-corrected chi connectivity index (χ4v) is 2.88. The summed E-state index contributed by atoms with van der Waals surface area (Å²) in [6.45, 7) is 3.48. The Morgan fingerprint density at radius 1 is 1.09 bits per heavy atom. The number of ether oxygens (including phenoxy) is 1. The Kier molecular flexibility index (Phi) is 8.70. The molecule has 0 saturated heterocycles. The van der Waals surface area contributed by atoms with E-state index in [1.54, 1.807) is 24.3 Å². The predicted molar refractivity (Wildman–Crippen MR) is 118 cm³/mol. The van der Waals surface area contributed by atoms with Crippen LogP contribution in [-0.2, 0) is 9.59 Å². The van der Waals surface area contributed by atoms with Gasteiger partial charge in [0.05, 0.1) is 25.1 Å². The molecule has 10 heteroatoms. The third kappa shape index (κ3) is 7.38. The smallest absolute Gasteiger partial charge is 0.270 e. The molecule has 32 heavy (non-hydrogen) atoms. The molecule has 0 spiro atoms. The molecule has 2 rings (SSSR count). The summed E-state index contributed by atoms with van der Waals surface area (Å²) in [6, 6.07) is 12.1. The molecule has 0 atom stereocenters. The van der Waals surface area contributed by atoms with Crippen molar-refractivity contribution in [3.63, 3.8) is 0 Å². The van der Waals surface area contributed by atoms with Crippen molar-refractivity contribution in [1.29, 1.82) is 0 Å². The number of methoxy groups -OCH3 is 1. The summed E-state index contributed by atoms with van der Waals surface area (Å²) in [5.41, 5.74) is 0.456. The zero-order valence-corrected chi connectivity index (χ0v) is 18.2. The van der Waals surface area contributed by atoms with Crippen LogP contribution in [0.5, 0.6) is 5.75 Å². The normalized spacial score (nSPS) is 10.4. The number of benzene rings is 2. The summed E-state index contributed by atoms with van der Waals surface area (Å²) in [4.78, 5) is 49.0. The molecule has 0 fully saturated rings. The number of anilines is 1. The highest BCUT2D eigenvalue weighted by Gasteiger charge is 2.22. The topological polar surface area (TPSA) is 131 Å². The van der Waals surface area contributed by atoms with E-state index in [0.717, 1.165) is 0 Å². The lowest BCUT2D eigenvalue weighted by Gasteiger charge is -2.24. The van der Waals surface area contributed by atoms with Crippen molar-refractivity contribution in [1.82, 2.24) is 10.2 Å². The summed E-state index contributed by atoms with van der Waals surface area (Å²) in [7, 11) is 1.54. The molecule has 2 aromatic rings. The molecule has 2 aromatic carbocycles. The maximum Gasteiger partial charge on any atom is 0.270 e. The molecular formula is C22H26N4O6. The van der Waals surface area contributed by atoms with Crippen molar-refractivity contribution in [3.8, 4) is 5.75 Å². The van der Waals surface area contributed by atoms with Crippen molar-refractivity contribution in [3.05, 3.63) is 64.2 Å². The first-order valence-corrected chi connectivity index (χ1v) is 9.94. The van der Waals surface area contributed by atoms with E-state index in [0.29, 0.717) is 11.4 Å². The number of hydrogen-bond donors (Lipinski definition) is 2. The van der Waals surface area contributed by atoms with Crippen LogP contribution in [0, 0.1) is 16.0 Å². The first kappa shape index (κ1) is 24.3. The van der Waals surface area contributed by atoms with Gasteiger partial charge < -0.3 is 20.3 Å². The van der Waals surface area contributed by atoms with Gasteiger partial charge in [0.15, 0.2) is 0 Å². The van der Waals surface area contributed by atoms with Crippen LogP contribution < -0.4 is 15.4 Å². The van der Waals surface area contributed by atoms with Gasteiger partial charge in [-0.25, -0.2) is 0 Å². The number of amides is 3. The summed E-state index contributed by atoms with van der Waals surface area (Å²) in [6.07, 6.45) is 0. The van der Waals surface area contributed by atoms with Crippen LogP contribution in [0.1, 0.15) is 24.2 Å². The largest absolute Gasteiger partial charge is 0.497 e. The maximum atomic E-state index is 12.9. The summed E-state index contributed by atoms with van der Waals surface area (Å²) in [5.74, 6) is -0.739. The monoisotopic (exact) mass is 442 g/mol. The first-order chi connectivity index (χ1) is 15.2. The predicted octanol–water partition coefficient (Wildman–Crippen LogP) is 2.46. The quantitative estimate of drug-likeness (QED) is 0.429. The van der Waals surface area contributed by atoms with Crippen LogP contribution in [0.3, 0.4) is 0 Å². The van der Waals surface area contributed by atoms with E-state index in [2.05, 4.69) is 10.6 Å². The van der Waals surface area contributed by atoms with E-state index in [-0.39, 0.29) is 36.8 Å². The van der Waals surface area contributed by atoms with Gasteiger partial charge in [-0.1, -0.05) is 19.9 Å². The highest BCUT2D eigenvalue weighted by molar-refractivity contribution is 5.98. The highest BCUT2D eigenvalue weighted by Crippen LogP contribution is 2.16. The molecule has 0 aromatic heterocycles. The number of nitro benzene ring substituents is 1. The number of non-ortho nitro benzene ring substituents is 1. The Balaban J connectivity index is 1.96. The Labute approximate surface area is 185 Å². The second-order valence-corrected chi connectivity index (χ2v) is 7.44. The second kappa shape index (κ2) is 11.4. The number of carbonyl (C=O) groups is 3. The zero-order chi connectivity index (χ0) is 23.7. The molecule has 0 saturated carbocycles. The van der Waals surface area contributed by atoms with Crippen molar-refractivity contribution in [2.24, 2.45) is 5.92 Å². The molecule has 3 amide bonds. The molecule has 0 radical (unpaired) electrons. The van der Waals surface area contributed by atoms with Gasteiger partial charge in [-0.15, -0.1) is 0 Å². The van der Waals surface area contributed by atoms with Gasteiger partial charge in [0.2, 0.25) is 11.8 Å². The van der Waals surface area contributed by atoms with Gasteiger partial charge in [-0.3, -0.25) is 24.5 Å². The number of carbonyl (C=O) groups excluding carboxylic acids is 3. The number of nitro groups is 1. The maximum absolute atomic E-state index is 12.9. The number of rotatable bonds is 10. The van der Waals surface area contributed by atoms with Crippen molar-refractivity contribution in [2.45, 2.75) is 13.8 Å². The van der Waals surface area contributed by atoms with Gasteiger partial charge in [-0.2, -0.15) is 0 Å². The molecule has 0 aliphatic heterocycles. The van der Waals surface area contributed by atoms with Crippen molar-refractivity contribution in [2.75, 3.05) is 32.1 Å². The van der Waals surface area contributed by atoms with Crippen molar-refractivity contribution >= 4 is 29.1 Å². The van der Waals surface area contributed by atoms with Crippen LogP contribution in [0.15, 0.2) is 48.5 Å². The second-order valence-electron chi connectivity index (χ2n) is 7.44. The Bertz CT molecular complexity index is 975. The average molecular weight is 442 g/mol. The van der Waals surface area contributed by atoms with E-state index in [1.165, 1.54) is 36.3 Å². The van der Waals surface area contributed by atoms with Crippen molar-refractivity contribution < 1.29 is 24.0 Å². The molecule has 0 aliphatic carbocycles. The van der Waals surface area contributed by atoms with Gasteiger partial charge in [-0.05, 0) is 36.2 Å². The first-order valence-electron chi connectivity index (χ1n) is 9.94. The van der Waals surface area contributed by atoms with E-state index < -0.39 is 22.6 Å². The van der Waals surface area contributed by atoms with Gasteiger partial charge >= 0.3 is 0 Å². The summed E-state index contributed by atoms with van der Waals surface area (Å²) >= 11 is 0. The molecule has 10 nitrogen and oxygen atoms in total. The highest BCUT2D eigenvalue weighted by atomic mass is 16.6. The van der Waals surface area contributed by atoms with Crippen LogP contribution in [0.2, 0.25) is 0 Å². The number of hydrogen-bond acceptors (Lipinski definition) is 6. The molecule has 0 aliphatic rings. The number of nitrogens with zero attached hydrogens (tertiary/aromatic N) is 2. The summed E-state index contributed by atoms with van der Waals surface area (Å²) in [5, 5.41) is 16.1. The average Bonchev–Trinajstić information content (AvgIpc) is 2.77. The summed E-state index contributed by atoms with van der Waals surface area (Å²) < 4.78 is 5.05. The Morgan fingerprint density at radius 3 is 2.38 bits per heavy atom. The molecule has 0 unspecified atom stereocenters. The third-order valence-corrected chi connectivity index (χ3v) is 4.33. The van der Waals surface area contributed by atoms with Crippen LogP contribution >= 0.6 is 0 Å². The molecule has 170 valence electrons. The number of nitrogens with one attached hydrogen (secondary N) is 2. The Morgan fingerprint density at radius 2 is 1.78 bits per heavy atom. The lowest BCUT2D eigenvalue weighted by atomic mass is 10.1. The molecule has 2 N–H and O–H groups in total. The van der Waals surface area contributed by atoms with Gasteiger partial charge in [0, 0.05) is 29.9 Å². The van der Waals surface area contributed by atoms with E-state index >= 15 is 0 Å². The van der Waals surface area contributed by atoms with Crippen LogP contribution in [-0.4, -0.2) is 54.3 Å². The van der Waals surface area contributed by atoms with Crippen LogP contribution in [0.25, 0.3) is 0 Å². The SMILES string of the molecule is COc1ccc(NC(=O)CNC(=O)CN(CC(C)C)C(=O)c2cccc([N+](=O)[O-])c2)cc1. The minimum atomic E-state index is -0.586. The molecule has 0 heterocycles. The van der Waals surface area contributed by atoms with E-state index in [1.807, 2.05) is 13.8 Å². The third-order valence-electron chi connectivity index (χ3n) is 4.33. The van der Waals surface area contributed by atoms with Gasteiger partial charge in [0.25, 0.3) is 11.6 Å². The zero-order valence-electron chi connectivity index (χ0n) is 18.2. The van der Waals surface area contributed by atoms with Gasteiger partial charge in [0.1, 0.15) is 5.75 Å². The minimum Gasteiger partial charge on any atom is -0.497 e. The lowest BCUT2D eigenvalue weighted by Crippen LogP contribution is -2.44. The van der Waals surface area contributed by atoms with E-state index in [4.69, 9.17) is 4.74 Å². The van der Waals surface area contributed by atoms with E-state index in [9.17, 15) is 24.5 Å². The fourth-order valence-electron chi connectivity index (χ4n) is 2.88. The minimum absolute atomic E-state index is 0.0591. The molecular weight excluding hydrogens is 416 g/mol. The van der Waals surface area contributed by atoms with Crippen LogP contribution in [0.4, 0.5) is 11.4 Å². The Hall–Kier alpha value is -3.95. The molecule has 0 bridgehead atoms. The lowest BCUT2D eigenvalue weighted by molar-refractivity contribution is -0.384.